The topological polar surface area (TPSA) is 58.9 Å². The molecule has 0 bridgehead atoms. The zero-order valence-electron chi connectivity index (χ0n) is 11.8. The summed E-state index contributed by atoms with van der Waals surface area (Å²) in [5.74, 6) is 0.168. The maximum absolute atomic E-state index is 11.4. The maximum atomic E-state index is 11.4. The third-order valence-electron chi connectivity index (χ3n) is 3.74. The molecule has 0 aromatic heterocycles. The summed E-state index contributed by atoms with van der Waals surface area (Å²) in [6, 6.07) is 8.03. The van der Waals surface area contributed by atoms with Crippen LogP contribution in [0.1, 0.15) is 37.3 Å². The second-order valence-corrected chi connectivity index (χ2v) is 5.18. The lowest BCUT2D eigenvalue weighted by Crippen LogP contribution is -2.10. The van der Waals surface area contributed by atoms with E-state index in [-0.39, 0.29) is 5.97 Å². The van der Waals surface area contributed by atoms with Gasteiger partial charge in [-0.2, -0.15) is 0 Å². The number of hydrogen-bond acceptors (Lipinski definition) is 4. The van der Waals surface area contributed by atoms with E-state index in [0.29, 0.717) is 18.9 Å². The molecule has 4 heteroatoms. The molecule has 1 N–H and O–H groups in total. The number of oxime groups is 1. The molecule has 0 radical (unpaired) electrons. The van der Waals surface area contributed by atoms with Gasteiger partial charge in [-0.25, -0.2) is 0 Å². The molecule has 1 atom stereocenters. The van der Waals surface area contributed by atoms with Gasteiger partial charge in [-0.15, -0.1) is 0 Å². The monoisotopic (exact) mass is 275 g/mol. The minimum absolute atomic E-state index is 0.189. The maximum Gasteiger partial charge on any atom is 0.310 e. The summed E-state index contributed by atoms with van der Waals surface area (Å²) in [4.78, 5) is 11.4. The van der Waals surface area contributed by atoms with Crippen LogP contribution in [0.5, 0.6) is 0 Å². The van der Waals surface area contributed by atoms with Gasteiger partial charge in [0.15, 0.2) is 0 Å². The molecule has 1 fully saturated rings. The first-order chi connectivity index (χ1) is 9.72. The van der Waals surface area contributed by atoms with Crippen LogP contribution >= 0.6 is 0 Å². The Morgan fingerprint density at radius 2 is 2.05 bits per heavy atom. The quantitative estimate of drug-likeness (QED) is 0.510. The van der Waals surface area contributed by atoms with Crippen molar-refractivity contribution in [2.75, 3.05) is 6.61 Å². The van der Waals surface area contributed by atoms with Crippen molar-refractivity contribution in [1.82, 2.24) is 0 Å². The lowest BCUT2D eigenvalue weighted by atomic mass is 9.96. The number of carbonyl (C=O) groups is 1. The molecule has 0 saturated heterocycles. The van der Waals surface area contributed by atoms with Crippen LogP contribution in [0.3, 0.4) is 0 Å². The van der Waals surface area contributed by atoms with Crippen molar-refractivity contribution < 1.29 is 14.7 Å². The van der Waals surface area contributed by atoms with Crippen molar-refractivity contribution in [3.05, 3.63) is 35.4 Å². The van der Waals surface area contributed by atoms with Gasteiger partial charge in [0.25, 0.3) is 0 Å². The molecule has 2 rings (SSSR count). The number of hydrogen-bond donors (Lipinski definition) is 1. The van der Waals surface area contributed by atoms with Crippen LogP contribution in [0.2, 0.25) is 0 Å². The molecule has 1 aliphatic carbocycles. The molecular formula is C16H21NO3. The molecule has 1 aromatic carbocycles. The van der Waals surface area contributed by atoms with Gasteiger partial charge < -0.3 is 9.94 Å². The van der Waals surface area contributed by atoms with E-state index in [1.54, 1.807) is 0 Å². The molecule has 108 valence electrons. The minimum atomic E-state index is -0.189. The zero-order chi connectivity index (χ0) is 14.4. The summed E-state index contributed by atoms with van der Waals surface area (Å²) in [5.41, 5.74) is 3.10. The summed E-state index contributed by atoms with van der Waals surface area (Å²) in [6.45, 7) is 2.23. The van der Waals surface area contributed by atoms with Crippen LogP contribution in [0, 0.1) is 5.92 Å². The van der Waals surface area contributed by atoms with E-state index in [2.05, 4.69) is 5.16 Å². The van der Waals surface area contributed by atoms with E-state index in [4.69, 9.17) is 9.94 Å². The fourth-order valence-electron chi connectivity index (χ4n) is 2.71. The fourth-order valence-corrected chi connectivity index (χ4v) is 2.71. The Kier molecular flexibility index (Phi) is 5.16. The number of ether oxygens (including phenoxy) is 1. The molecule has 1 aliphatic rings. The lowest BCUT2D eigenvalue weighted by Gasteiger charge is -2.10. The number of benzene rings is 1. The summed E-state index contributed by atoms with van der Waals surface area (Å²) in [6.07, 6.45) is 4.32. The normalized spacial score (nSPS) is 20.2. The second-order valence-electron chi connectivity index (χ2n) is 5.18. The molecule has 0 amide bonds. The zero-order valence-corrected chi connectivity index (χ0v) is 11.8. The molecule has 1 aromatic rings. The first-order valence-electron chi connectivity index (χ1n) is 7.17. The summed E-state index contributed by atoms with van der Waals surface area (Å²) in [7, 11) is 0. The largest absolute Gasteiger partial charge is 0.466 e. The van der Waals surface area contributed by atoms with E-state index >= 15 is 0 Å². The second kappa shape index (κ2) is 7.08. The fraction of sp³-hybridized carbons (Fsp3) is 0.500. The number of carbonyl (C=O) groups excluding carboxylic acids is 1. The molecule has 1 saturated carbocycles. The molecule has 0 spiro atoms. The Morgan fingerprint density at radius 3 is 2.70 bits per heavy atom. The summed E-state index contributed by atoms with van der Waals surface area (Å²) < 4.78 is 4.93. The van der Waals surface area contributed by atoms with Gasteiger partial charge in [-0.3, -0.25) is 4.79 Å². The first-order valence-corrected chi connectivity index (χ1v) is 7.17. The van der Waals surface area contributed by atoms with Crippen molar-refractivity contribution >= 4 is 11.7 Å². The van der Waals surface area contributed by atoms with Crippen molar-refractivity contribution in [1.29, 1.82) is 0 Å². The van der Waals surface area contributed by atoms with E-state index in [1.807, 2.05) is 31.2 Å². The van der Waals surface area contributed by atoms with Crippen LogP contribution in [0.4, 0.5) is 0 Å². The minimum Gasteiger partial charge on any atom is -0.466 e. The highest BCUT2D eigenvalue weighted by Crippen LogP contribution is 2.26. The highest BCUT2D eigenvalue weighted by Gasteiger charge is 2.23. The summed E-state index contributed by atoms with van der Waals surface area (Å²) >= 11 is 0. The van der Waals surface area contributed by atoms with Gasteiger partial charge in [-0.1, -0.05) is 29.4 Å². The van der Waals surface area contributed by atoms with Crippen molar-refractivity contribution in [2.45, 2.75) is 39.0 Å². The van der Waals surface area contributed by atoms with Crippen molar-refractivity contribution in [3.8, 4) is 0 Å². The average Bonchev–Trinajstić information content (AvgIpc) is 2.88. The SMILES string of the molecule is CCOC(=O)Cc1ccc(CC2CCC/C2=N/O)cc1. The number of rotatable bonds is 5. The number of esters is 1. The van der Waals surface area contributed by atoms with Gasteiger partial charge in [0.05, 0.1) is 18.7 Å². The lowest BCUT2D eigenvalue weighted by molar-refractivity contribution is -0.142. The molecule has 0 heterocycles. The number of nitrogens with zero attached hydrogens (tertiary/aromatic N) is 1. The Bertz CT molecular complexity index is 479. The van der Waals surface area contributed by atoms with E-state index in [0.717, 1.165) is 37.0 Å². The average molecular weight is 275 g/mol. The molecular weight excluding hydrogens is 254 g/mol. The van der Waals surface area contributed by atoms with E-state index < -0.39 is 0 Å². The molecule has 4 nitrogen and oxygen atoms in total. The van der Waals surface area contributed by atoms with Gasteiger partial charge in [0.2, 0.25) is 0 Å². The highest BCUT2D eigenvalue weighted by molar-refractivity contribution is 5.88. The molecule has 20 heavy (non-hydrogen) atoms. The van der Waals surface area contributed by atoms with E-state index in [9.17, 15) is 4.79 Å². The van der Waals surface area contributed by atoms with Crippen LogP contribution < -0.4 is 0 Å². The van der Waals surface area contributed by atoms with Crippen LogP contribution in [-0.4, -0.2) is 23.5 Å². The Hall–Kier alpha value is -1.84. The predicted molar refractivity (Wildman–Crippen MR) is 77.0 cm³/mol. The van der Waals surface area contributed by atoms with Gasteiger partial charge >= 0.3 is 5.97 Å². The first kappa shape index (κ1) is 14.6. The van der Waals surface area contributed by atoms with Gasteiger partial charge in [0, 0.05) is 5.92 Å². The van der Waals surface area contributed by atoms with Crippen molar-refractivity contribution in [2.24, 2.45) is 11.1 Å². The van der Waals surface area contributed by atoms with Crippen LogP contribution in [0.15, 0.2) is 29.4 Å². The predicted octanol–water partition coefficient (Wildman–Crippen LogP) is 2.97. The van der Waals surface area contributed by atoms with Crippen LogP contribution in [0.25, 0.3) is 0 Å². The third-order valence-corrected chi connectivity index (χ3v) is 3.74. The molecule has 0 aliphatic heterocycles. The Balaban J connectivity index is 1.93. The van der Waals surface area contributed by atoms with E-state index in [1.165, 1.54) is 5.56 Å². The molecule has 1 unspecified atom stereocenters. The summed E-state index contributed by atoms with van der Waals surface area (Å²) in [5, 5.41) is 12.3. The van der Waals surface area contributed by atoms with Gasteiger partial charge in [0.1, 0.15) is 0 Å². The Labute approximate surface area is 119 Å². The third kappa shape index (κ3) is 3.83. The standard InChI is InChI=1S/C16H21NO3/c1-2-20-16(18)11-13-8-6-12(7-9-13)10-14-4-3-5-15(14)17-19/h6-9,14,19H,2-5,10-11H2,1H3/b17-15-. The van der Waals surface area contributed by atoms with Crippen LogP contribution in [-0.2, 0) is 22.4 Å². The Morgan fingerprint density at radius 1 is 1.35 bits per heavy atom. The van der Waals surface area contributed by atoms with Crippen molar-refractivity contribution in [3.63, 3.8) is 0 Å². The van der Waals surface area contributed by atoms with Gasteiger partial charge in [-0.05, 0) is 43.7 Å². The highest BCUT2D eigenvalue weighted by atomic mass is 16.5. The smallest absolute Gasteiger partial charge is 0.310 e.